The summed E-state index contributed by atoms with van der Waals surface area (Å²) in [5.41, 5.74) is 0.524. The second kappa shape index (κ2) is 7.24. The molecule has 1 aromatic carbocycles. The lowest BCUT2D eigenvalue weighted by atomic mass is 9.85. The molecule has 110 valence electrons. The lowest BCUT2D eigenvalue weighted by molar-refractivity contribution is 0.0863. The smallest absolute Gasteiger partial charge is 0.319 e. The minimum absolute atomic E-state index is 0.248. The van der Waals surface area contributed by atoms with Crippen molar-refractivity contribution in [2.24, 2.45) is 5.92 Å². The normalized spacial score (nSPS) is 17.5. The van der Waals surface area contributed by atoms with Crippen LogP contribution >= 0.6 is 0 Å². The number of benzene rings is 1. The van der Waals surface area contributed by atoms with E-state index in [1.54, 1.807) is 0 Å². The molecule has 1 aliphatic rings. The average molecular weight is 280 g/mol. The molecule has 1 aliphatic carbocycles. The van der Waals surface area contributed by atoms with Gasteiger partial charge in [-0.25, -0.2) is 9.18 Å². The Morgan fingerprint density at radius 1 is 1.25 bits per heavy atom. The minimum atomic E-state index is -0.491. The van der Waals surface area contributed by atoms with Crippen molar-refractivity contribution in [3.63, 3.8) is 0 Å². The monoisotopic (exact) mass is 280 g/mol. The van der Waals surface area contributed by atoms with E-state index < -0.39 is 6.10 Å². The second-order valence-electron chi connectivity index (χ2n) is 5.31. The first-order valence-electron chi connectivity index (χ1n) is 7.13. The van der Waals surface area contributed by atoms with Gasteiger partial charge in [0.25, 0.3) is 0 Å². The van der Waals surface area contributed by atoms with Gasteiger partial charge in [-0.3, -0.25) is 0 Å². The standard InChI is InChI=1S/C15H21FN2O2/c16-12-6-8-13(9-7-12)18-15(20)17-10-14(19)11-4-2-1-3-5-11/h6-9,11,14,19H,1-5,10H2,(H2,17,18,20). The van der Waals surface area contributed by atoms with E-state index in [4.69, 9.17) is 0 Å². The maximum absolute atomic E-state index is 12.7. The molecular weight excluding hydrogens is 259 g/mol. The number of nitrogens with one attached hydrogen (secondary N) is 2. The highest BCUT2D eigenvalue weighted by Crippen LogP contribution is 2.26. The van der Waals surface area contributed by atoms with Gasteiger partial charge in [-0.05, 0) is 43.0 Å². The van der Waals surface area contributed by atoms with Gasteiger partial charge in [0.05, 0.1) is 6.10 Å². The zero-order valence-electron chi connectivity index (χ0n) is 11.4. The second-order valence-corrected chi connectivity index (χ2v) is 5.31. The molecule has 2 amide bonds. The number of anilines is 1. The SMILES string of the molecule is O=C(NCC(O)C1CCCCC1)Nc1ccc(F)cc1. The molecule has 1 fully saturated rings. The number of hydrogen-bond acceptors (Lipinski definition) is 2. The zero-order valence-corrected chi connectivity index (χ0v) is 11.4. The Bertz CT molecular complexity index is 430. The van der Waals surface area contributed by atoms with Crippen molar-refractivity contribution in [1.82, 2.24) is 5.32 Å². The molecule has 0 heterocycles. The summed E-state index contributed by atoms with van der Waals surface area (Å²) in [6.45, 7) is 0.248. The summed E-state index contributed by atoms with van der Waals surface area (Å²) >= 11 is 0. The molecule has 1 aromatic rings. The largest absolute Gasteiger partial charge is 0.391 e. The number of carbonyl (C=O) groups is 1. The highest BCUT2D eigenvalue weighted by molar-refractivity contribution is 5.89. The van der Waals surface area contributed by atoms with E-state index in [2.05, 4.69) is 10.6 Å². The molecule has 0 radical (unpaired) electrons. The fourth-order valence-corrected chi connectivity index (χ4v) is 2.59. The van der Waals surface area contributed by atoms with Crippen LogP contribution in [0.4, 0.5) is 14.9 Å². The number of hydrogen-bond donors (Lipinski definition) is 3. The Hall–Kier alpha value is -1.62. The predicted molar refractivity (Wildman–Crippen MR) is 76.0 cm³/mol. The van der Waals surface area contributed by atoms with Crippen LogP contribution in [0, 0.1) is 11.7 Å². The number of halogens is 1. The van der Waals surface area contributed by atoms with Crippen LogP contribution in [-0.2, 0) is 0 Å². The van der Waals surface area contributed by atoms with Crippen molar-refractivity contribution in [2.75, 3.05) is 11.9 Å². The fraction of sp³-hybridized carbons (Fsp3) is 0.533. The number of urea groups is 1. The topological polar surface area (TPSA) is 61.4 Å². The molecule has 0 aromatic heterocycles. The fourth-order valence-electron chi connectivity index (χ4n) is 2.59. The van der Waals surface area contributed by atoms with Crippen LogP contribution in [0.3, 0.4) is 0 Å². The lowest BCUT2D eigenvalue weighted by Gasteiger charge is -2.26. The summed E-state index contributed by atoms with van der Waals surface area (Å²) in [6, 6.07) is 5.17. The molecule has 1 unspecified atom stereocenters. The van der Waals surface area contributed by atoms with E-state index in [1.165, 1.54) is 30.7 Å². The summed E-state index contributed by atoms with van der Waals surface area (Å²) in [4.78, 5) is 11.7. The Balaban J connectivity index is 1.72. The number of amides is 2. The predicted octanol–water partition coefficient (Wildman–Crippen LogP) is 2.89. The first-order valence-corrected chi connectivity index (χ1v) is 7.13. The third-order valence-electron chi connectivity index (χ3n) is 3.77. The molecule has 0 saturated heterocycles. The molecule has 1 saturated carbocycles. The van der Waals surface area contributed by atoms with E-state index in [9.17, 15) is 14.3 Å². The van der Waals surface area contributed by atoms with Crippen LogP contribution in [0.25, 0.3) is 0 Å². The third kappa shape index (κ3) is 4.49. The van der Waals surface area contributed by atoms with Gasteiger partial charge < -0.3 is 15.7 Å². The third-order valence-corrected chi connectivity index (χ3v) is 3.77. The maximum Gasteiger partial charge on any atom is 0.319 e. The Kier molecular flexibility index (Phi) is 5.35. The van der Waals surface area contributed by atoms with Crippen LogP contribution in [0.5, 0.6) is 0 Å². The van der Waals surface area contributed by atoms with Gasteiger partial charge in [-0.1, -0.05) is 19.3 Å². The quantitative estimate of drug-likeness (QED) is 0.794. The lowest BCUT2D eigenvalue weighted by Crippen LogP contribution is -2.39. The number of carbonyl (C=O) groups excluding carboxylic acids is 1. The van der Waals surface area contributed by atoms with Crippen molar-refractivity contribution in [1.29, 1.82) is 0 Å². The molecule has 4 nitrogen and oxygen atoms in total. The molecule has 0 spiro atoms. The summed E-state index contributed by atoms with van der Waals surface area (Å²) in [5, 5.41) is 15.3. The van der Waals surface area contributed by atoms with Gasteiger partial charge in [0.2, 0.25) is 0 Å². The van der Waals surface area contributed by atoms with Crippen molar-refractivity contribution < 1.29 is 14.3 Å². The van der Waals surface area contributed by atoms with E-state index in [-0.39, 0.29) is 24.3 Å². The van der Waals surface area contributed by atoms with Crippen LogP contribution in [0.15, 0.2) is 24.3 Å². The van der Waals surface area contributed by atoms with Gasteiger partial charge in [0.15, 0.2) is 0 Å². The summed E-state index contributed by atoms with van der Waals surface area (Å²) in [7, 11) is 0. The van der Waals surface area contributed by atoms with Crippen LogP contribution in [-0.4, -0.2) is 23.8 Å². The van der Waals surface area contributed by atoms with Gasteiger partial charge in [-0.15, -0.1) is 0 Å². The molecule has 5 heteroatoms. The first kappa shape index (κ1) is 14.8. The van der Waals surface area contributed by atoms with Crippen LogP contribution in [0.1, 0.15) is 32.1 Å². The van der Waals surface area contributed by atoms with Gasteiger partial charge in [0.1, 0.15) is 5.82 Å². The molecule has 20 heavy (non-hydrogen) atoms. The van der Waals surface area contributed by atoms with E-state index in [0.29, 0.717) is 5.69 Å². The highest BCUT2D eigenvalue weighted by Gasteiger charge is 2.21. The average Bonchev–Trinajstić information content (AvgIpc) is 2.48. The Labute approximate surface area is 118 Å². The molecule has 0 aliphatic heterocycles. The molecular formula is C15H21FN2O2. The number of rotatable bonds is 4. The van der Waals surface area contributed by atoms with Crippen molar-refractivity contribution in [3.05, 3.63) is 30.1 Å². The van der Waals surface area contributed by atoms with Crippen molar-refractivity contribution in [3.8, 4) is 0 Å². The van der Waals surface area contributed by atoms with Crippen LogP contribution in [0.2, 0.25) is 0 Å². The molecule has 2 rings (SSSR count). The van der Waals surface area contributed by atoms with Crippen molar-refractivity contribution in [2.45, 2.75) is 38.2 Å². The highest BCUT2D eigenvalue weighted by atomic mass is 19.1. The first-order chi connectivity index (χ1) is 9.65. The Morgan fingerprint density at radius 2 is 1.90 bits per heavy atom. The molecule has 3 N–H and O–H groups in total. The number of aliphatic hydroxyl groups is 1. The van der Waals surface area contributed by atoms with Gasteiger partial charge >= 0.3 is 6.03 Å². The molecule has 1 atom stereocenters. The number of aliphatic hydroxyl groups excluding tert-OH is 1. The maximum atomic E-state index is 12.7. The summed E-state index contributed by atoms with van der Waals surface area (Å²) in [6.07, 6.45) is 5.12. The zero-order chi connectivity index (χ0) is 14.4. The van der Waals surface area contributed by atoms with Crippen LogP contribution < -0.4 is 10.6 Å². The van der Waals surface area contributed by atoms with E-state index in [0.717, 1.165) is 25.7 Å². The van der Waals surface area contributed by atoms with Gasteiger partial charge in [0, 0.05) is 12.2 Å². The summed E-state index contributed by atoms with van der Waals surface area (Å²) < 4.78 is 12.7. The minimum Gasteiger partial charge on any atom is -0.391 e. The van der Waals surface area contributed by atoms with E-state index in [1.807, 2.05) is 0 Å². The Morgan fingerprint density at radius 3 is 2.55 bits per heavy atom. The van der Waals surface area contributed by atoms with Crippen molar-refractivity contribution >= 4 is 11.7 Å². The van der Waals surface area contributed by atoms with Gasteiger partial charge in [-0.2, -0.15) is 0 Å². The summed E-state index contributed by atoms with van der Waals surface area (Å²) in [5.74, 6) is -0.0569. The molecule has 0 bridgehead atoms. The van der Waals surface area contributed by atoms with E-state index >= 15 is 0 Å².